The topological polar surface area (TPSA) is 95.5 Å². The van der Waals surface area contributed by atoms with E-state index in [1.54, 1.807) is 20.1 Å². The Kier molecular flexibility index (Phi) is 8.38. The number of carboxylic acids is 1. The standard InChI is InChI=1S/C12H24N2O4S/c1-4-12(5-2,10(15)16)9-14-11(17)13-7-6-8-19(3)18/h4-9H2,1-3H3,(H,15,16)(H2,13,14,17). The first-order chi connectivity index (χ1) is 8.88. The Hall–Kier alpha value is -1.11. The summed E-state index contributed by atoms with van der Waals surface area (Å²) in [6.07, 6.45) is 3.19. The van der Waals surface area contributed by atoms with Crippen molar-refractivity contribution in [3.8, 4) is 0 Å². The minimum atomic E-state index is -0.901. The summed E-state index contributed by atoms with van der Waals surface area (Å²) in [5.41, 5.74) is -0.901. The van der Waals surface area contributed by atoms with Crippen molar-refractivity contribution >= 4 is 22.8 Å². The second kappa shape index (κ2) is 8.90. The third-order valence-electron chi connectivity index (χ3n) is 3.29. The molecule has 2 amide bonds. The molecular weight excluding hydrogens is 268 g/mol. The number of carboxylic acid groups (broad SMARTS) is 1. The molecule has 0 saturated heterocycles. The molecule has 6 nitrogen and oxygen atoms in total. The number of hydrogen-bond donors (Lipinski definition) is 3. The molecule has 0 bridgehead atoms. The van der Waals surface area contributed by atoms with Gasteiger partial charge in [0.05, 0.1) is 5.41 Å². The van der Waals surface area contributed by atoms with E-state index in [9.17, 15) is 18.9 Å². The molecule has 0 spiro atoms. The van der Waals surface area contributed by atoms with E-state index in [1.807, 2.05) is 0 Å². The second-order valence-electron chi connectivity index (χ2n) is 4.53. The Morgan fingerprint density at radius 2 is 1.79 bits per heavy atom. The molecule has 0 rings (SSSR count). The molecular formula is C12H24N2O4S. The maximum absolute atomic E-state index is 11.5. The van der Waals surface area contributed by atoms with Crippen LogP contribution >= 0.6 is 0 Å². The molecule has 0 fully saturated rings. The average molecular weight is 292 g/mol. The predicted octanol–water partition coefficient (Wildman–Crippen LogP) is 0.945. The summed E-state index contributed by atoms with van der Waals surface area (Å²) >= 11 is 0. The first-order valence-corrected chi connectivity index (χ1v) is 8.15. The van der Waals surface area contributed by atoms with Crippen LogP contribution in [0.4, 0.5) is 4.79 Å². The fraction of sp³-hybridized carbons (Fsp3) is 0.833. The Labute approximate surface area is 116 Å². The first kappa shape index (κ1) is 17.9. The minimum Gasteiger partial charge on any atom is -0.481 e. The highest BCUT2D eigenvalue weighted by Gasteiger charge is 2.35. The number of rotatable bonds is 9. The SMILES string of the molecule is CCC(CC)(CNC(=O)NCCCS(C)=O)C(=O)O. The highest BCUT2D eigenvalue weighted by molar-refractivity contribution is 7.84. The van der Waals surface area contributed by atoms with E-state index in [-0.39, 0.29) is 12.6 Å². The lowest BCUT2D eigenvalue weighted by atomic mass is 9.82. The summed E-state index contributed by atoms with van der Waals surface area (Å²) in [5, 5.41) is 14.4. The molecule has 112 valence electrons. The van der Waals surface area contributed by atoms with E-state index < -0.39 is 22.2 Å². The molecule has 3 N–H and O–H groups in total. The second-order valence-corrected chi connectivity index (χ2v) is 6.09. The van der Waals surface area contributed by atoms with Crippen LogP contribution in [0.25, 0.3) is 0 Å². The van der Waals surface area contributed by atoms with Crippen LogP contribution in [0, 0.1) is 5.41 Å². The Balaban J connectivity index is 4.06. The summed E-state index contributed by atoms with van der Waals surface area (Å²) < 4.78 is 10.8. The van der Waals surface area contributed by atoms with Crippen LogP contribution in [0.5, 0.6) is 0 Å². The Morgan fingerprint density at radius 1 is 1.21 bits per heavy atom. The number of hydrogen-bond acceptors (Lipinski definition) is 3. The molecule has 0 aromatic rings. The van der Waals surface area contributed by atoms with Crippen molar-refractivity contribution in [2.75, 3.05) is 25.1 Å². The third kappa shape index (κ3) is 6.56. The van der Waals surface area contributed by atoms with E-state index in [0.29, 0.717) is 31.6 Å². The normalized spacial score (nSPS) is 12.8. The molecule has 0 saturated carbocycles. The van der Waals surface area contributed by atoms with Gasteiger partial charge in [-0.05, 0) is 19.3 Å². The van der Waals surface area contributed by atoms with Crippen molar-refractivity contribution < 1.29 is 18.9 Å². The first-order valence-electron chi connectivity index (χ1n) is 6.43. The lowest BCUT2D eigenvalue weighted by molar-refractivity contribution is -0.149. The van der Waals surface area contributed by atoms with Crippen LogP contribution < -0.4 is 10.6 Å². The fourth-order valence-corrected chi connectivity index (χ4v) is 2.22. The molecule has 7 heteroatoms. The van der Waals surface area contributed by atoms with Crippen molar-refractivity contribution in [2.24, 2.45) is 5.41 Å². The largest absolute Gasteiger partial charge is 0.481 e. The van der Waals surface area contributed by atoms with Crippen LogP contribution in [0.3, 0.4) is 0 Å². The highest BCUT2D eigenvalue weighted by Crippen LogP contribution is 2.25. The van der Waals surface area contributed by atoms with Gasteiger partial charge in [0.15, 0.2) is 0 Å². The van der Waals surface area contributed by atoms with E-state index in [1.165, 1.54) is 0 Å². The molecule has 19 heavy (non-hydrogen) atoms. The molecule has 1 unspecified atom stereocenters. The number of urea groups is 1. The zero-order valence-corrected chi connectivity index (χ0v) is 12.6. The number of amides is 2. The van der Waals surface area contributed by atoms with Gasteiger partial charge >= 0.3 is 12.0 Å². The molecule has 0 aliphatic heterocycles. The van der Waals surface area contributed by atoms with Gasteiger partial charge in [-0.2, -0.15) is 0 Å². The van der Waals surface area contributed by atoms with Gasteiger partial charge in [-0.1, -0.05) is 13.8 Å². The molecule has 1 atom stereocenters. The van der Waals surface area contributed by atoms with Crippen molar-refractivity contribution in [1.29, 1.82) is 0 Å². The predicted molar refractivity (Wildman–Crippen MR) is 75.6 cm³/mol. The minimum absolute atomic E-state index is 0.112. The van der Waals surface area contributed by atoms with Gasteiger partial charge in [-0.25, -0.2) is 4.79 Å². The van der Waals surface area contributed by atoms with Crippen molar-refractivity contribution in [2.45, 2.75) is 33.1 Å². The zero-order chi connectivity index (χ0) is 14.9. The zero-order valence-electron chi connectivity index (χ0n) is 11.8. The van der Waals surface area contributed by atoms with Gasteiger partial charge < -0.3 is 15.7 Å². The molecule has 0 aromatic heterocycles. The van der Waals surface area contributed by atoms with Gasteiger partial charge in [-0.15, -0.1) is 0 Å². The van der Waals surface area contributed by atoms with Crippen molar-refractivity contribution in [3.05, 3.63) is 0 Å². The quantitative estimate of drug-likeness (QED) is 0.551. The van der Waals surface area contributed by atoms with Crippen LogP contribution in [0.1, 0.15) is 33.1 Å². The fourth-order valence-electron chi connectivity index (χ4n) is 1.67. The number of aliphatic carboxylic acids is 1. The monoisotopic (exact) mass is 292 g/mol. The third-order valence-corrected chi connectivity index (χ3v) is 4.15. The van der Waals surface area contributed by atoms with Gasteiger partial charge in [-0.3, -0.25) is 9.00 Å². The van der Waals surface area contributed by atoms with Crippen LogP contribution in [0.2, 0.25) is 0 Å². The number of carbonyl (C=O) groups excluding carboxylic acids is 1. The lowest BCUT2D eigenvalue weighted by Gasteiger charge is -2.26. The number of nitrogens with one attached hydrogen (secondary N) is 2. The smallest absolute Gasteiger partial charge is 0.314 e. The molecule has 0 aliphatic rings. The molecule has 0 aliphatic carbocycles. The summed E-state index contributed by atoms with van der Waals surface area (Å²) in [6.45, 7) is 4.14. The van der Waals surface area contributed by atoms with E-state index >= 15 is 0 Å². The Morgan fingerprint density at radius 3 is 2.21 bits per heavy atom. The average Bonchev–Trinajstić information content (AvgIpc) is 2.36. The highest BCUT2D eigenvalue weighted by atomic mass is 32.2. The van der Waals surface area contributed by atoms with Crippen LogP contribution in [-0.4, -0.2) is 46.4 Å². The van der Waals surface area contributed by atoms with Gasteiger partial charge in [0.1, 0.15) is 0 Å². The molecule has 0 heterocycles. The van der Waals surface area contributed by atoms with Crippen molar-refractivity contribution in [1.82, 2.24) is 10.6 Å². The Bertz CT molecular complexity index is 330. The maximum Gasteiger partial charge on any atom is 0.314 e. The van der Waals surface area contributed by atoms with Gasteiger partial charge in [0, 0.05) is 35.9 Å². The van der Waals surface area contributed by atoms with Gasteiger partial charge in [0.25, 0.3) is 0 Å². The van der Waals surface area contributed by atoms with Crippen molar-refractivity contribution in [3.63, 3.8) is 0 Å². The summed E-state index contributed by atoms with van der Waals surface area (Å²) in [7, 11) is -0.857. The molecule has 0 aromatic carbocycles. The maximum atomic E-state index is 11.5. The number of carbonyl (C=O) groups is 2. The van der Waals surface area contributed by atoms with E-state index in [0.717, 1.165) is 0 Å². The lowest BCUT2D eigenvalue weighted by Crippen LogP contribution is -2.46. The van der Waals surface area contributed by atoms with E-state index in [2.05, 4.69) is 10.6 Å². The summed E-state index contributed by atoms with van der Waals surface area (Å²) in [6, 6.07) is -0.380. The van der Waals surface area contributed by atoms with Crippen LogP contribution in [0.15, 0.2) is 0 Å². The summed E-state index contributed by atoms with van der Waals surface area (Å²) in [5.74, 6) is -0.345. The van der Waals surface area contributed by atoms with Crippen LogP contribution in [-0.2, 0) is 15.6 Å². The summed E-state index contributed by atoms with van der Waals surface area (Å²) in [4.78, 5) is 22.7. The van der Waals surface area contributed by atoms with E-state index in [4.69, 9.17) is 0 Å². The molecule has 0 radical (unpaired) electrons. The van der Waals surface area contributed by atoms with Gasteiger partial charge in [0.2, 0.25) is 0 Å².